The molecule has 3 rings (SSSR count). The van der Waals surface area contributed by atoms with E-state index in [2.05, 4.69) is 10.2 Å². The van der Waals surface area contributed by atoms with Gasteiger partial charge in [-0.2, -0.15) is 0 Å². The van der Waals surface area contributed by atoms with Gasteiger partial charge in [-0.15, -0.1) is 10.2 Å². The van der Waals surface area contributed by atoms with Gasteiger partial charge >= 0.3 is 0 Å². The van der Waals surface area contributed by atoms with E-state index in [0.717, 1.165) is 5.56 Å². The number of nitrogens with zero attached hydrogens (tertiary/aromatic N) is 2. The minimum absolute atomic E-state index is 0.0373. The molecule has 0 fully saturated rings. The zero-order chi connectivity index (χ0) is 22.4. The summed E-state index contributed by atoms with van der Waals surface area (Å²) in [6.45, 7) is 4.53. The number of halogens is 2. The summed E-state index contributed by atoms with van der Waals surface area (Å²) in [4.78, 5) is 0. The van der Waals surface area contributed by atoms with Crippen molar-refractivity contribution in [3.63, 3.8) is 0 Å². The van der Waals surface area contributed by atoms with Crippen LogP contribution in [0.25, 0.3) is 21.1 Å². The minimum Gasteiger partial charge on any atom is -0.494 e. The first-order valence-electron chi connectivity index (χ1n) is 9.68. The van der Waals surface area contributed by atoms with Gasteiger partial charge in [-0.1, -0.05) is 22.9 Å². The average molecular weight is 468 g/mol. The smallest absolute Gasteiger partial charge is 0.165 e. The summed E-state index contributed by atoms with van der Waals surface area (Å²) in [6.07, 6.45) is 0. The number of nitrogens with two attached hydrogens (primary N) is 1. The van der Waals surface area contributed by atoms with E-state index in [-0.39, 0.29) is 24.0 Å². The Hall–Kier alpha value is -2.46. The van der Waals surface area contributed by atoms with Crippen LogP contribution in [0.3, 0.4) is 0 Å². The van der Waals surface area contributed by atoms with Crippen LogP contribution in [0.15, 0.2) is 30.3 Å². The van der Waals surface area contributed by atoms with Crippen LogP contribution >= 0.6 is 22.9 Å². The van der Waals surface area contributed by atoms with Crippen molar-refractivity contribution in [3.05, 3.63) is 41.2 Å². The summed E-state index contributed by atoms with van der Waals surface area (Å²) in [5.41, 5.74) is 6.75. The molecule has 0 bridgehead atoms. The second-order valence-corrected chi connectivity index (χ2v) is 7.87. The second-order valence-electron chi connectivity index (χ2n) is 6.49. The lowest BCUT2D eigenvalue weighted by Crippen LogP contribution is -2.31. The van der Waals surface area contributed by atoms with Crippen LogP contribution in [-0.2, 0) is 0 Å². The monoisotopic (exact) mass is 467 g/mol. The molecule has 0 radical (unpaired) electrons. The quantitative estimate of drug-likeness (QED) is 0.461. The maximum absolute atomic E-state index is 14.5. The van der Waals surface area contributed by atoms with Crippen LogP contribution in [0.5, 0.6) is 17.2 Å². The fourth-order valence-corrected chi connectivity index (χ4v) is 3.86. The molecule has 0 unspecified atom stereocenters. The highest BCUT2D eigenvalue weighted by molar-refractivity contribution is 7.18. The molecule has 2 aromatic carbocycles. The van der Waals surface area contributed by atoms with Gasteiger partial charge in [-0.05, 0) is 32.0 Å². The Kier molecular flexibility index (Phi) is 8.03. The van der Waals surface area contributed by atoms with E-state index < -0.39 is 11.9 Å². The number of hydrogen-bond donors (Lipinski definition) is 2. The standard InChI is InChI=1S/C21H23ClFN3O4S/c1-3-28-14-5-12(6-15(7-14)29-4-2)20-25-26-21(31-20)16-8-18(23)19(9-17(16)22)30-11-13(24)10-27/h5-9,13,27H,3-4,10-11,24H2,1-2H3/t13-/m1/s1. The highest BCUT2D eigenvalue weighted by atomic mass is 35.5. The summed E-state index contributed by atoms with van der Waals surface area (Å²) in [6, 6.07) is 7.50. The van der Waals surface area contributed by atoms with E-state index in [1.807, 2.05) is 32.0 Å². The Morgan fingerprint density at radius 1 is 1.03 bits per heavy atom. The molecule has 7 nitrogen and oxygen atoms in total. The Morgan fingerprint density at radius 3 is 2.29 bits per heavy atom. The molecular formula is C21H23ClFN3O4S. The Bertz CT molecular complexity index is 1010. The van der Waals surface area contributed by atoms with E-state index in [1.165, 1.54) is 23.5 Å². The van der Waals surface area contributed by atoms with Crippen molar-refractivity contribution in [2.45, 2.75) is 19.9 Å². The number of aromatic nitrogens is 2. The summed E-state index contributed by atoms with van der Waals surface area (Å²) >= 11 is 7.61. The van der Waals surface area contributed by atoms with E-state index in [1.54, 1.807) is 0 Å². The highest BCUT2D eigenvalue weighted by Crippen LogP contribution is 2.38. The zero-order valence-corrected chi connectivity index (χ0v) is 18.7. The first-order chi connectivity index (χ1) is 14.9. The predicted molar refractivity (Wildman–Crippen MR) is 119 cm³/mol. The van der Waals surface area contributed by atoms with Crippen molar-refractivity contribution in [2.75, 3.05) is 26.4 Å². The third-order valence-electron chi connectivity index (χ3n) is 4.11. The van der Waals surface area contributed by atoms with Crippen molar-refractivity contribution in [3.8, 4) is 38.4 Å². The maximum Gasteiger partial charge on any atom is 0.165 e. The zero-order valence-electron chi connectivity index (χ0n) is 17.1. The largest absolute Gasteiger partial charge is 0.494 e. The van der Waals surface area contributed by atoms with Crippen LogP contribution in [0.2, 0.25) is 5.02 Å². The first-order valence-corrected chi connectivity index (χ1v) is 10.9. The molecule has 0 aliphatic carbocycles. The SMILES string of the molecule is CCOc1cc(OCC)cc(-c2nnc(-c3cc(F)c(OC[C@H](N)CO)cc3Cl)s2)c1. The molecule has 1 heterocycles. The molecule has 10 heteroatoms. The molecule has 0 saturated heterocycles. The molecule has 0 spiro atoms. The van der Waals surface area contributed by atoms with E-state index in [4.69, 9.17) is 36.7 Å². The van der Waals surface area contributed by atoms with Gasteiger partial charge in [0.15, 0.2) is 11.6 Å². The van der Waals surface area contributed by atoms with Crippen LogP contribution in [-0.4, -0.2) is 47.8 Å². The van der Waals surface area contributed by atoms with Gasteiger partial charge in [0.2, 0.25) is 0 Å². The van der Waals surface area contributed by atoms with Gasteiger partial charge in [0, 0.05) is 23.3 Å². The van der Waals surface area contributed by atoms with Gasteiger partial charge in [-0.3, -0.25) is 0 Å². The molecule has 166 valence electrons. The molecule has 0 saturated carbocycles. The van der Waals surface area contributed by atoms with E-state index in [9.17, 15) is 4.39 Å². The first kappa shape index (κ1) is 23.2. The third-order valence-corrected chi connectivity index (χ3v) is 5.43. The molecule has 0 amide bonds. The Labute approximate surface area is 188 Å². The molecular weight excluding hydrogens is 445 g/mol. The molecule has 1 aromatic heterocycles. The van der Waals surface area contributed by atoms with Crippen molar-refractivity contribution >= 4 is 22.9 Å². The van der Waals surface area contributed by atoms with E-state index in [0.29, 0.717) is 40.3 Å². The molecule has 0 aliphatic heterocycles. The number of aliphatic hydroxyl groups is 1. The minimum atomic E-state index is -0.613. The lowest BCUT2D eigenvalue weighted by molar-refractivity contribution is 0.202. The lowest BCUT2D eigenvalue weighted by Gasteiger charge is -2.12. The van der Waals surface area contributed by atoms with Crippen LogP contribution in [0.4, 0.5) is 4.39 Å². The normalized spacial score (nSPS) is 11.9. The van der Waals surface area contributed by atoms with Gasteiger partial charge in [0.1, 0.15) is 28.1 Å². The van der Waals surface area contributed by atoms with Crippen molar-refractivity contribution in [1.82, 2.24) is 10.2 Å². The summed E-state index contributed by atoms with van der Waals surface area (Å²) in [5.74, 6) is 0.658. The summed E-state index contributed by atoms with van der Waals surface area (Å²) in [5, 5.41) is 18.7. The molecule has 0 aliphatic rings. The fraction of sp³-hybridized carbons (Fsp3) is 0.333. The number of ether oxygens (including phenoxy) is 3. The molecule has 3 N–H and O–H groups in total. The van der Waals surface area contributed by atoms with Crippen molar-refractivity contribution < 1.29 is 23.7 Å². The van der Waals surface area contributed by atoms with Crippen molar-refractivity contribution in [1.29, 1.82) is 0 Å². The van der Waals surface area contributed by atoms with Crippen LogP contribution in [0, 0.1) is 5.82 Å². The summed E-state index contributed by atoms with van der Waals surface area (Å²) in [7, 11) is 0. The predicted octanol–water partition coefficient (Wildman–Crippen LogP) is 4.16. The van der Waals surface area contributed by atoms with Gasteiger partial charge < -0.3 is 25.1 Å². The van der Waals surface area contributed by atoms with Crippen molar-refractivity contribution in [2.24, 2.45) is 5.73 Å². The number of benzene rings is 2. The topological polar surface area (TPSA) is 99.7 Å². The van der Waals surface area contributed by atoms with E-state index >= 15 is 0 Å². The molecule has 31 heavy (non-hydrogen) atoms. The average Bonchev–Trinajstić information content (AvgIpc) is 3.24. The molecule has 3 aromatic rings. The Morgan fingerprint density at radius 2 is 1.68 bits per heavy atom. The Balaban J connectivity index is 1.89. The second kappa shape index (κ2) is 10.7. The summed E-state index contributed by atoms with van der Waals surface area (Å²) < 4.78 is 31.0. The number of hydrogen-bond acceptors (Lipinski definition) is 8. The van der Waals surface area contributed by atoms with Crippen LogP contribution < -0.4 is 19.9 Å². The van der Waals surface area contributed by atoms with Gasteiger partial charge in [0.05, 0.1) is 30.9 Å². The van der Waals surface area contributed by atoms with Gasteiger partial charge in [0.25, 0.3) is 0 Å². The fourth-order valence-electron chi connectivity index (χ4n) is 2.70. The highest BCUT2D eigenvalue weighted by Gasteiger charge is 2.17. The lowest BCUT2D eigenvalue weighted by atomic mass is 10.2. The number of aliphatic hydroxyl groups excluding tert-OH is 1. The maximum atomic E-state index is 14.5. The third kappa shape index (κ3) is 5.82. The molecule has 1 atom stereocenters. The number of rotatable bonds is 10. The van der Waals surface area contributed by atoms with Crippen LogP contribution in [0.1, 0.15) is 13.8 Å². The van der Waals surface area contributed by atoms with Gasteiger partial charge in [-0.25, -0.2) is 4.39 Å².